The maximum atomic E-state index is 11.4. The number of carbonyl (C=O) groups is 2. The predicted molar refractivity (Wildman–Crippen MR) is 142 cm³/mol. The smallest absolute Gasteiger partial charge is 0.870 e. The second kappa shape index (κ2) is 16.3. The van der Waals surface area contributed by atoms with Crippen molar-refractivity contribution in [1.82, 2.24) is 29.5 Å². The maximum absolute atomic E-state index is 11.4. The number of carbonyl (C=O) groups excluding carboxylic acids is 1. The summed E-state index contributed by atoms with van der Waals surface area (Å²) >= 11 is 11.8. The van der Waals surface area contributed by atoms with Crippen LogP contribution in [0.25, 0.3) is 35.2 Å². The molecule has 0 amide bonds. The molecule has 0 unspecified atom stereocenters. The summed E-state index contributed by atoms with van der Waals surface area (Å²) in [6.07, 6.45) is 7.87. The van der Waals surface area contributed by atoms with Gasteiger partial charge in [0.05, 0.1) is 6.10 Å². The third-order valence-corrected chi connectivity index (χ3v) is 4.74. The first-order valence-electron chi connectivity index (χ1n) is 10.8. The summed E-state index contributed by atoms with van der Waals surface area (Å²) in [5.41, 5.74) is 1.59. The quantitative estimate of drug-likeness (QED) is 0.201. The number of benzene rings is 2. The number of aliphatic carboxylic acids is 1. The van der Waals surface area contributed by atoms with Gasteiger partial charge in [0, 0.05) is 45.7 Å². The molecule has 0 saturated carbocycles. The van der Waals surface area contributed by atoms with Gasteiger partial charge in [-0.15, -0.1) is 10.2 Å². The first-order chi connectivity index (χ1) is 17.7. The van der Waals surface area contributed by atoms with Crippen LogP contribution in [0.1, 0.15) is 13.8 Å². The van der Waals surface area contributed by atoms with E-state index in [0.717, 1.165) is 17.2 Å². The monoisotopic (exact) mass is 564 g/mol. The second-order valence-electron chi connectivity index (χ2n) is 7.57. The number of ether oxygens (including phenoxy) is 1. The number of carboxylic acids is 1. The first-order valence-corrected chi connectivity index (χ1v) is 11.6. The molecule has 0 aliphatic rings. The fourth-order valence-corrected chi connectivity index (χ4v) is 3.14. The third-order valence-electron chi connectivity index (χ3n) is 4.27. The van der Waals surface area contributed by atoms with Crippen molar-refractivity contribution in [2.24, 2.45) is 0 Å². The van der Waals surface area contributed by atoms with Gasteiger partial charge in [-0.25, -0.2) is 28.9 Å². The van der Waals surface area contributed by atoms with E-state index < -0.39 is 11.9 Å². The summed E-state index contributed by atoms with van der Waals surface area (Å²) in [6.45, 7) is 3.58. The molecule has 4 rings (SSSR count). The van der Waals surface area contributed by atoms with Gasteiger partial charge in [-0.05, 0) is 38.1 Å². The molecule has 0 spiro atoms. The number of rotatable bonds is 7. The molecule has 2 heterocycles. The van der Waals surface area contributed by atoms with Gasteiger partial charge in [0.2, 0.25) is 0 Å². The van der Waals surface area contributed by atoms with Crippen molar-refractivity contribution < 1.29 is 43.8 Å². The molecule has 0 aliphatic carbocycles. The van der Waals surface area contributed by atoms with E-state index >= 15 is 0 Å². The molecule has 0 atom stereocenters. The summed E-state index contributed by atoms with van der Waals surface area (Å²) in [7, 11) is 0. The largest absolute Gasteiger partial charge is 1.00 e. The molecule has 39 heavy (non-hydrogen) atoms. The van der Waals surface area contributed by atoms with Gasteiger partial charge in [0.25, 0.3) is 0 Å². The van der Waals surface area contributed by atoms with Crippen molar-refractivity contribution in [3.05, 3.63) is 83.4 Å². The summed E-state index contributed by atoms with van der Waals surface area (Å²) in [5.74, 6) is -0.429. The summed E-state index contributed by atoms with van der Waals surface area (Å²) in [4.78, 5) is 29.9. The minimum Gasteiger partial charge on any atom is -0.870 e. The zero-order valence-corrected chi connectivity index (χ0v) is 22.7. The van der Waals surface area contributed by atoms with Gasteiger partial charge in [0.1, 0.15) is 12.7 Å². The van der Waals surface area contributed by atoms with E-state index in [1.165, 1.54) is 40.5 Å². The van der Waals surface area contributed by atoms with Crippen LogP contribution in [0.5, 0.6) is 0 Å². The minimum atomic E-state index is -1.04. The fraction of sp³-hybridized carbons (Fsp3) is 0.120. The van der Waals surface area contributed by atoms with Gasteiger partial charge in [-0.2, -0.15) is 0 Å². The Labute approximate surface area is 246 Å². The Morgan fingerprint density at radius 2 is 1.33 bits per heavy atom. The van der Waals surface area contributed by atoms with Crippen LogP contribution < -0.4 is 18.9 Å². The van der Waals surface area contributed by atoms with E-state index in [-0.39, 0.29) is 30.4 Å². The fourth-order valence-electron chi connectivity index (χ4n) is 2.76. The van der Waals surface area contributed by atoms with E-state index in [2.05, 4.69) is 20.2 Å². The zero-order chi connectivity index (χ0) is 26.8. The Hall–Kier alpha value is -3.72. The Morgan fingerprint density at radius 3 is 1.74 bits per heavy atom. The van der Waals surface area contributed by atoms with Crippen LogP contribution in [0.2, 0.25) is 10.0 Å². The minimum absolute atomic E-state index is 0. The van der Waals surface area contributed by atoms with E-state index in [9.17, 15) is 9.59 Å². The third kappa shape index (κ3) is 11.3. The Morgan fingerprint density at radius 1 is 0.872 bits per heavy atom. The first kappa shape index (κ1) is 33.3. The van der Waals surface area contributed by atoms with Crippen molar-refractivity contribution in [2.45, 2.75) is 20.0 Å². The molecular weight excluding hydrogens is 542 g/mol. The SMILES string of the molecule is CC(C)OC(=O)/C=C\n1cnc(-c2cccc(Cl)c2)n1.O=C(O)/C=C\n1cnc(-c2cccc(Cl)c2)n1.[Li+].[OH-]. The topological polar surface area (TPSA) is 155 Å². The van der Waals surface area contributed by atoms with Crippen molar-refractivity contribution in [1.29, 1.82) is 0 Å². The molecule has 2 aromatic heterocycles. The molecule has 14 heteroatoms. The summed E-state index contributed by atoms with van der Waals surface area (Å²) in [5, 5.41) is 18.0. The van der Waals surface area contributed by atoms with Crippen molar-refractivity contribution in [3.8, 4) is 22.8 Å². The van der Waals surface area contributed by atoms with Crippen molar-refractivity contribution in [3.63, 3.8) is 0 Å². The zero-order valence-electron chi connectivity index (χ0n) is 21.2. The maximum Gasteiger partial charge on any atom is 1.00 e. The van der Waals surface area contributed by atoms with Gasteiger partial charge < -0.3 is 15.3 Å². The number of carboxylic acid groups (broad SMARTS) is 1. The number of esters is 1. The molecule has 11 nitrogen and oxygen atoms in total. The molecule has 4 aromatic rings. The number of nitrogens with zero attached hydrogens (tertiary/aromatic N) is 6. The molecule has 0 bridgehead atoms. The van der Waals surface area contributed by atoms with Gasteiger partial charge >= 0.3 is 30.8 Å². The van der Waals surface area contributed by atoms with E-state index in [1.54, 1.807) is 44.2 Å². The van der Waals surface area contributed by atoms with Crippen LogP contribution in [0.15, 0.2) is 73.3 Å². The van der Waals surface area contributed by atoms with Crippen LogP contribution in [0.4, 0.5) is 0 Å². The van der Waals surface area contributed by atoms with Crippen LogP contribution in [-0.4, -0.2) is 58.2 Å². The number of aromatic nitrogens is 6. The van der Waals surface area contributed by atoms with Crippen LogP contribution in [0, 0.1) is 0 Å². The molecule has 198 valence electrons. The van der Waals surface area contributed by atoms with Crippen LogP contribution >= 0.6 is 23.2 Å². The predicted octanol–water partition coefficient (Wildman–Crippen LogP) is 2.00. The molecule has 2 N–H and O–H groups in total. The van der Waals surface area contributed by atoms with Gasteiger partial charge in [0.15, 0.2) is 11.6 Å². The molecule has 0 radical (unpaired) electrons. The van der Waals surface area contributed by atoms with E-state index in [1.807, 2.05) is 18.2 Å². The average Bonchev–Trinajstić information content (AvgIpc) is 3.52. The standard InChI is InChI=1S/C14H14ClN3O2.C11H8ClN3O2.Li.H2O/c1-10(2)20-13(19)6-7-18-9-16-14(17-18)11-4-3-5-12(15)8-11;12-9-3-1-2-8(6-9)11-13-7-15(14-11)5-4-10(16)17;;/h3-10H,1-2H3;1-7H,(H,16,17);;1H2/q;;+1;/p-1/b7-6-;5-4-;;. The van der Waals surface area contributed by atoms with Crippen LogP contribution in [-0.2, 0) is 14.3 Å². The Bertz CT molecular complexity index is 1440. The Kier molecular flexibility index (Phi) is 13.9. The van der Waals surface area contributed by atoms with Gasteiger partial charge in [-0.1, -0.05) is 47.5 Å². The second-order valence-corrected chi connectivity index (χ2v) is 8.45. The van der Waals surface area contributed by atoms with E-state index in [0.29, 0.717) is 21.7 Å². The van der Waals surface area contributed by atoms with Crippen LogP contribution in [0.3, 0.4) is 0 Å². The average molecular weight is 565 g/mol. The molecule has 0 fully saturated rings. The number of hydrogen-bond donors (Lipinski definition) is 1. The van der Waals surface area contributed by atoms with E-state index in [4.69, 9.17) is 33.0 Å². The Balaban J connectivity index is 0.000000375. The molecule has 0 aliphatic heterocycles. The summed E-state index contributed by atoms with van der Waals surface area (Å²) in [6, 6.07) is 14.4. The van der Waals surface area contributed by atoms with Crippen molar-refractivity contribution in [2.75, 3.05) is 0 Å². The summed E-state index contributed by atoms with van der Waals surface area (Å²) < 4.78 is 7.74. The molecular formula is C25H23Cl2LiN6O5. The normalized spacial score (nSPS) is 10.5. The van der Waals surface area contributed by atoms with Crippen molar-refractivity contribution >= 4 is 47.5 Å². The number of hydrogen-bond acceptors (Lipinski definition) is 8. The molecule has 0 saturated heterocycles. The number of halogens is 2. The molecule has 2 aromatic carbocycles. The van der Waals surface area contributed by atoms with Gasteiger partial charge in [-0.3, -0.25) is 0 Å².